The predicted octanol–water partition coefficient (Wildman–Crippen LogP) is 5.00. The van der Waals surface area contributed by atoms with Crippen LogP contribution >= 0.6 is 0 Å². The maximum Gasteiger partial charge on any atom is 0.316 e. The Balaban J connectivity index is 1.53. The van der Waals surface area contributed by atoms with Crippen molar-refractivity contribution >= 4 is 11.7 Å². The first kappa shape index (κ1) is 28.3. The highest BCUT2D eigenvalue weighted by Gasteiger charge is 2.59. The molecular weight excluding hydrogens is 498 g/mol. The quantitative estimate of drug-likeness (QED) is 0.192. The van der Waals surface area contributed by atoms with E-state index in [1.165, 1.54) is 5.57 Å². The highest BCUT2D eigenvalue weighted by atomic mass is 16.7. The molecular formula is C31H43NO7. The number of esters is 1. The standard InChI is InChI=1S/C31H43NO7/c1-18-7-6-8-23-17-36-28-27(32-35)21(4)14-26(31(23,28)34)29(33)37-25-15-24(10-9-19(2)13-18)39-30(16-25)12-11-20(3)22(5)38-30/h6-9,14,18,20,22,24-26,28,34-35H,10-13,15-17H2,1-5H3/b7-6+,19-9+,23-8+,32-27?/t18-,20-,22+,24+,25-,26-,28+,30-,31+/m0/s1. The Morgan fingerprint density at radius 3 is 2.67 bits per heavy atom. The Kier molecular flexibility index (Phi) is 7.94. The van der Waals surface area contributed by atoms with Crippen molar-refractivity contribution in [2.75, 3.05) is 6.61 Å². The van der Waals surface area contributed by atoms with Gasteiger partial charge < -0.3 is 29.3 Å². The summed E-state index contributed by atoms with van der Waals surface area (Å²) in [5.74, 6) is -1.62. The van der Waals surface area contributed by atoms with Crippen LogP contribution in [0.4, 0.5) is 0 Å². The number of fused-ring (bicyclic) bond motifs is 2. The van der Waals surface area contributed by atoms with Crippen LogP contribution in [0.2, 0.25) is 0 Å². The molecule has 4 heterocycles. The van der Waals surface area contributed by atoms with Crippen LogP contribution in [0.15, 0.2) is 52.3 Å². The van der Waals surface area contributed by atoms with E-state index >= 15 is 0 Å². The molecule has 0 radical (unpaired) electrons. The molecule has 0 aromatic carbocycles. The van der Waals surface area contributed by atoms with Gasteiger partial charge in [0.2, 0.25) is 0 Å². The van der Waals surface area contributed by atoms with E-state index in [1.54, 1.807) is 13.0 Å². The maximum absolute atomic E-state index is 13.9. The lowest BCUT2D eigenvalue weighted by atomic mass is 9.71. The minimum absolute atomic E-state index is 0.0431. The van der Waals surface area contributed by atoms with E-state index in [4.69, 9.17) is 18.9 Å². The third-order valence-electron chi connectivity index (χ3n) is 9.25. The van der Waals surface area contributed by atoms with Crippen molar-refractivity contribution in [1.82, 2.24) is 0 Å². The molecule has 2 bridgehead atoms. The Hall–Kier alpha value is -2.26. The highest BCUT2D eigenvalue weighted by molar-refractivity contribution is 6.06. The molecule has 0 saturated carbocycles. The molecule has 3 saturated heterocycles. The van der Waals surface area contributed by atoms with Crippen LogP contribution in [-0.4, -0.2) is 64.4 Å². The van der Waals surface area contributed by atoms with Crippen LogP contribution in [0, 0.1) is 17.8 Å². The summed E-state index contributed by atoms with van der Waals surface area (Å²) in [5.41, 5.74) is 0.916. The zero-order valence-corrected chi connectivity index (χ0v) is 23.8. The largest absolute Gasteiger partial charge is 0.462 e. The van der Waals surface area contributed by atoms with Crippen LogP contribution in [0.25, 0.3) is 0 Å². The van der Waals surface area contributed by atoms with Crippen molar-refractivity contribution in [3.63, 3.8) is 0 Å². The summed E-state index contributed by atoms with van der Waals surface area (Å²) in [5, 5.41) is 25.2. The average Bonchev–Trinajstić information content (AvgIpc) is 3.21. The SMILES string of the molecule is CC1=C[C@H]2C(=O)O[C@H]3C[C@@H](C/C=C(\C)C[C@@H](C)/C=C/C=C4\CO[C@H](C1=NO)[C@@]42O)O[C@@]1(CC[C@H](C)[C@@H](C)O1)C3. The maximum atomic E-state index is 13.9. The molecule has 214 valence electrons. The molecule has 8 nitrogen and oxygen atoms in total. The smallest absolute Gasteiger partial charge is 0.316 e. The Labute approximate surface area is 231 Å². The van der Waals surface area contributed by atoms with Gasteiger partial charge in [-0.2, -0.15) is 0 Å². The molecule has 3 fully saturated rings. The topological polar surface area (TPSA) is 107 Å². The van der Waals surface area contributed by atoms with E-state index in [0.717, 1.165) is 19.3 Å². The fourth-order valence-electron chi connectivity index (χ4n) is 6.85. The first-order chi connectivity index (χ1) is 18.5. The minimum atomic E-state index is -1.72. The fourth-order valence-corrected chi connectivity index (χ4v) is 6.85. The van der Waals surface area contributed by atoms with Gasteiger partial charge in [0, 0.05) is 19.3 Å². The number of carbonyl (C=O) groups is 1. The van der Waals surface area contributed by atoms with Gasteiger partial charge in [-0.05, 0) is 63.0 Å². The minimum Gasteiger partial charge on any atom is -0.462 e. The highest BCUT2D eigenvalue weighted by Crippen LogP contribution is 2.46. The molecule has 1 spiro atoms. The van der Waals surface area contributed by atoms with E-state index in [2.05, 4.69) is 45.0 Å². The number of carbonyl (C=O) groups excluding carboxylic acids is 1. The van der Waals surface area contributed by atoms with Crippen LogP contribution < -0.4 is 0 Å². The number of rotatable bonds is 0. The summed E-state index contributed by atoms with van der Waals surface area (Å²) < 4.78 is 25.3. The summed E-state index contributed by atoms with van der Waals surface area (Å²) in [6.45, 7) is 10.4. The molecule has 5 aliphatic rings. The number of hydrogen-bond acceptors (Lipinski definition) is 8. The van der Waals surface area contributed by atoms with E-state index in [0.29, 0.717) is 36.3 Å². The molecule has 0 amide bonds. The van der Waals surface area contributed by atoms with Crippen molar-refractivity contribution in [2.45, 2.75) is 109 Å². The summed E-state index contributed by atoms with van der Waals surface area (Å²) in [7, 11) is 0. The Bertz CT molecular complexity index is 1120. The normalized spacial score (nSPS) is 47.8. The number of hydrogen-bond donors (Lipinski definition) is 2. The van der Waals surface area contributed by atoms with Gasteiger partial charge in [-0.25, -0.2) is 0 Å². The summed E-state index contributed by atoms with van der Waals surface area (Å²) in [6.07, 6.45) is 12.6. The summed E-state index contributed by atoms with van der Waals surface area (Å²) in [6, 6.07) is 0. The van der Waals surface area contributed by atoms with E-state index < -0.39 is 35.5 Å². The van der Waals surface area contributed by atoms with E-state index in [9.17, 15) is 15.1 Å². The molecule has 1 aliphatic carbocycles. The third-order valence-corrected chi connectivity index (χ3v) is 9.25. The second-order valence-corrected chi connectivity index (χ2v) is 12.4. The number of allylic oxidation sites excluding steroid dienone is 4. The first-order valence-electron chi connectivity index (χ1n) is 14.4. The lowest BCUT2D eigenvalue weighted by Gasteiger charge is -2.49. The van der Waals surface area contributed by atoms with Gasteiger partial charge in [-0.3, -0.25) is 4.79 Å². The molecule has 4 aliphatic heterocycles. The van der Waals surface area contributed by atoms with Crippen molar-refractivity contribution in [2.24, 2.45) is 22.9 Å². The molecule has 0 aromatic heterocycles. The summed E-state index contributed by atoms with van der Waals surface area (Å²) >= 11 is 0. The van der Waals surface area contributed by atoms with Crippen LogP contribution in [0.3, 0.4) is 0 Å². The Morgan fingerprint density at radius 1 is 1.13 bits per heavy atom. The molecule has 9 atom stereocenters. The lowest BCUT2D eigenvalue weighted by Crippen LogP contribution is -2.57. The summed E-state index contributed by atoms with van der Waals surface area (Å²) in [4.78, 5) is 13.9. The van der Waals surface area contributed by atoms with Gasteiger partial charge in [-0.1, -0.05) is 55.0 Å². The molecule has 39 heavy (non-hydrogen) atoms. The van der Waals surface area contributed by atoms with Crippen molar-refractivity contribution < 1.29 is 34.1 Å². The zero-order valence-electron chi connectivity index (χ0n) is 23.8. The third kappa shape index (κ3) is 5.41. The number of oxime groups is 1. The van der Waals surface area contributed by atoms with Gasteiger partial charge in [0.15, 0.2) is 5.79 Å². The number of nitrogens with zero attached hydrogens (tertiary/aromatic N) is 1. The van der Waals surface area contributed by atoms with Gasteiger partial charge in [0.05, 0.1) is 18.8 Å². The van der Waals surface area contributed by atoms with Crippen LogP contribution in [0.5, 0.6) is 0 Å². The average molecular weight is 542 g/mol. The van der Waals surface area contributed by atoms with Crippen molar-refractivity contribution in [3.05, 3.63) is 47.1 Å². The lowest BCUT2D eigenvalue weighted by molar-refractivity contribution is -0.332. The van der Waals surface area contributed by atoms with Gasteiger partial charge in [0.1, 0.15) is 29.4 Å². The van der Waals surface area contributed by atoms with Gasteiger partial charge in [-0.15, -0.1) is 0 Å². The molecule has 8 heteroatoms. The van der Waals surface area contributed by atoms with Crippen molar-refractivity contribution in [3.8, 4) is 0 Å². The first-order valence-corrected chi connectivity index (χ1v) is 14.4. The number of aliphatic hydroxyl groups is 1. The van der Waals surface area contributed by atoms with Crippen molar-refractivity contribution in [1.29, 1.82) is 0 Å². The second kappa shape index (κ2) is 11.0. The zero-order chi connectivity index (χ0) is 27.9. The van der Waals surface area contributed by atoms with Crippen LogP contribution in [0.1, 0.15) is 73.1 Å². The molecule has 0 aromatic rings. The monoisotopic (exact) mass is 541 g/mol. The number of ether oxygens (including phenoxy) is 4. The fraction of sp³-hybridized carbons (Fsp3) is 0.677. The predicted molar refractivity (Wildman–Crippen MR) is 146 cm³/mol. The molecule has 0 unspecified atom stereocenters. The second-order valence-electron chi connectivity index (χ2n) is 12.4. The Morgan fingerprint density at radius 2 is 1.92 bits per heavy atom. The van der Waals surface area contributed by atoms with E-state index in [-0.39, 0.29) is 30.4 Å². The van der Waals surface area contributed by atoms with E-state index in [1.807, 2.05) is 12.2 Å². The van der Waals surface area contributed by atoms with Gasteiger partial charge >= 0.3 is 5.97 Å². The van der Waals surface area contributed by atoms with Gasteiger partial charge in [0.25, 0.3) is 0 Å². The molecule has 2 N–H and O–H groups in total. The molecule has 5 rings (SSSR count). The van der Waals surface area contributed by atoms with Crippen LogP contribution in [-0.2, 0) is 23.7 Å².